The Kier molecular flexibility index (Phi) is 5.95. The summed E-state index contributed by atoms with van der Waals surface area (Å²) >= 11 is 1.59. The van der Waals surface area contributed by atoms with Gasteiger partial charge in [-0.05, 0) is 28.6 Å². The quantitative estimate of drug-likeness (QED) is 0.456. The molecule has 0 aliphatic heterocycles. The first kappa shape index (κ1) is 19.9. The maximum Gasteiger partial charge on any atom is 0.328 e. The molecule has 4 aromatic rings. The standard InChI is InChI=1S/C24H22N2O3S/c1-29-24(28)19(14-17-8-4-2-5-9-17)25-23(27)21-15-22-20(12-13-30-22)26(21)16-18-10-6-3-7-11-18/h2-13,15,19H,14,16H2,1H3,(H,25,27). The number of benzene rings is 2. The molecule has 1 unspecified atom stereocenters. The highest BCUT2D eigenvalue weighted by molar-refractivity contribution is 7.17. The van der Waals surface area contributed by atoms with Crippen LogP contribution in [0, 0.1) is 0 Å². The molecule has 0 spiro atoms. The highest BCUT2D eigenvalue weighted by atomic mass is 32.1. The van der Waals surface area contributed by atoms with Crippen LogP contribution >= 0.6 is 11.3 Å². The topological polar surface area (TPSA) is 60.3 Å². The summed E-state index contributed by atoms with van der Waals surface area (Å²) < 4.78 is 7.96. The van der Waals surface area contributed by atoms with Crippen LogP contribution in [-0.2, 0) is 22.5 Å². The van der Waals surface area contributed by atoms with Crippen LogP contribution in [0.4, 0.5) is 0 Å². The molecule has 30 heavy (non-hydrogen) atoms. The van der Waals surface area contributed by atoms with Gasteiger partial charge in [0.25, 0.3) is 5.91 Å². The zero-order valence-corrected chi connectivity index (χ0v) is 17.4. The molecular formula is C24H22N2O3S. The summed E-state index contributed by atoms with van der Waals surface area (Å²) in [6.07, 6.45) is 0.368. The lowest BCUT2D eigenvalue weighted by Crippen LogP contribution is -2.43. The molecule has 0 fully saturated rings. The molecule has 0 bridgehead atoms. The minimum atomic E-state index is -0.761. The van der Waals surface area contributed by atoms with E-state index in [1.807, 2.05) is 82.7 Å². The van der Waals surface area contributed by atoms with Gasteiger partial charge in [-0.15, -0.1) is 11.3 Å². The number of thiophene rings is 1. The number of carbonyl (C=O) groups is 2. The van der Waals surface area contributed by atoms with Crippen LogP contribution in [0.5, 0.6) is 0 Å². The number of carbonyl (C=O) groups excluding carboxylic acids is 2. The number of aromatic nitrogens is 1. The number of nitrogens with zero attached hydrogens (tertiary/aromatic N) is 1. The number of ether oxygens (including phenoxy) is 1. The fourth-order valence-corrected chi connectivity index (χ4v) is 4.34. The number of nitrogens with one attached hydrogen (secondary N) is 1. The maximum absolute atomic E-state index is 13.2. The Morgan fingerprint density at radius 2 is 1.67 bits per heavy atom. The van der Waals surface area contributed by atoms with Crippen molar-refractivity contribution in [3.63, 3.8) is 0 Å². The van der Waals surface area contributed by atoms with E-state index >= 15 is 0 Å². The second-order valence-corrected chi connectivity index (χ2v) is 7.96. The summed E-state index contributed by atoms with van der Waals surface area (Å²) in [4.78, 5) is 25.5. The van der Waals surface area contributed by atoms with Gasteiger partial charge in [0.05, 0.1) is 17.3 Å². The minimum absolute atomic E-state index is 0.291. The minimum Gasteiger partial charge on any atom is -0.467 e. The first-order valence-electron chi connectivity index (χ1n) is 9.69. The number of amides is 1. The SMILES string of the molecule is COC(=O)C(Cc1ccccc1)NC(=O)c1cc2sccc2n1Cc1ccccc1. The molecule has 0 aliphatic carbocycles. The van der Waals surface area contributed by atoms with E-state index in [1.165, 1.54) is 7.11 Å². The second kappa shape index (κ2) is 8.97. The highest BCUT2D eigenvalue weighted by Crippen LogP contribution is 2.26. The molecule has 4 rings (SSSR count). The van der Waals surface area contributed by atoms with Crippen LogP contribution in [0.15, 0.2) is 78.2 Å². The molecule has 6 heteroatoms. The van der Waals surface area contributed by atoms with Gasteiger partial charge in [-0.1, -0.05) is 60.7 Å². The Morgan fingerprint density at radius 3 is 2.33 bits per heavy atom. The Hall–Kier alpha value is -3.38. The molecule has 0 saturated heterocycles. The van der Waals surface area contributed by atoms with Crippen molar-refractivity contribution in [3.05, 3.63) is 95.0 Å². The van der Waals surface area contributed by atoms with Crippen molar-refractivity contribution in [1.29, 1.82) is 0 Å². The lowest BCUT2D eigenvalue weighted by molar-refractivity contribution is -0.142. The summed E-state index contributed by atoms with van der Waals surface area (Å²) in [6.45, 7) is 0.575. The van der Waals surface area contributed by atoms with E-state index in [4.69, 9.17) is 4.74 Å². The summed E-state index contributed by atoms with van der Waals surface area (Å²) in [5.41, 5.74) is 3.59. The molecule has 152 valence electrons. The van der Waals surface area contributed by atoms with Crippen molar-refractivity contribution in [1.82, 2.24) is 9.88 Å². The Bertz CT molecular complexity index is 1150. The lowest BCUT2D eigenvalue weighted by Gasteiger charge is -2.18. The zero-order chi connectivity index (χ0) is 20.9. The van der Waals surface area contributed by atoms with Crippen molar-refractivity contribution in [3.8, 4) is 0 Å². The van der Waals surface area contributed by atoms with Crippen LogP contribution in [0.2, 0.25) is 0 Å². The lowest BCUT2D eigenvalue weighted by atomic mass is 10.1. The van der Waals surface area contributed by atoms with Crippen molar-refractivity contribution in [2.24, 2.45) is 0 Å². The van der Waals surface area contributed by atoms with Gasteiger partial charge >= 0.3 is 5.97 Å². The fourth-order valence-electron chi connectivity index (χ4n) is 3.52. The van der Waals surface area contributed by atoms with Crippen LogP contribution in [0.1, 0.15) is 21.6 Å². The molecule has 1 amide bonds. The van der Waals surface area contributed by atoms with Gasteiger partial charge in [-0.25, -0.2) is 4.79 Å². The van der Waals surface area contributed by atoms with E-state index < -0.39 is 12.0 Å². The first-order valence-corrected chi connectivity index (χ1v) is 10.6. The maximum atomic E-state index is 13.2. The number of hydrogen-bond acceptors (Lipinski definition) is 4. The van der Waals surface area contributed by atoms with Gasteiger partial charge in [-0.2, -0.15) is 0 Å². The van der Waals surface area contributed by atoms with Gasteiger partial charge in [0.1, 0.15) is 11.7 Å². The molecule has 2 aromatic heterocycles. The third-order valence-corrected chi connectivity index (χ3v) is 5.87. The highest BCUT2D eigenvalue weighted by Gasteiger charge is 2.25. The van der Waals surface area contributed by atoms with Gasteiger partial charge in [0.2, 0.25) is 0 Å². The number of hydrogen-bond donors (Lipinski definition) is 1. The van der Waals surface area contributed by atoms with Crippen LogP contribution in [0.3, 0.4) is 0 Å². The third-order valence-electron chi connectivity index (χ3n) is 5.01. The van der Waals surface area contributed by atoms with Crippen molar-refractivity contribution < 1.29 is 14.3 Å². The smallest absolute Gasteiger partial charge is 0.328 e. The summed E-state index contributed by atoms with van der Waals surface area (Å²) in [6, 6.07) is 22.7. The fraction of sp³-hybridized carbons (Fsp3) is 0.167. The molecule has 0 aliphatic rings. The third kappa shape index (κ3) is 4.28. The average Bonchev–Trinajstić information content (AvgIpc) is 3.37. The monoisotopic (exact) mass is 418 g/mol. The van der Waals surface area contributed by atoms with Gasteiger partial charge < -0.3 is 14.6 Å². The van der Waals surface area contributed by atoms with E-state index in [-0.39, 0.29) is 5.91 Å². The van der Waals surface area contributed by atoms with E-state index in [9.17, 15) is 9.59 Å². The van der Waals surface area contributed by atoms with Gasteiger partial charge in [0, 0.05) is 13.0 Å². The number of methoxy groups -OCH3 is 1. The van der Waals surface area contributed by atoms with Crippen LogP contribution in [0.25, 0.3) is 10.2 Å². The normalized spacial score (nSPS) is 11.9. The largest absolute Gasteiger partial charge is 0.467 e. The second-order valence-electron chi connectivity index (χ2n) is 7.01. The molecule has 2 heterocycles. The number of fused-ring (bicyclic) bond motifs is 1. The average molecular weight is 419 g/mol. The van der Waals surface area contributed by atoms with Crippen molar-refractivity contribution in [2.75, 3.05) is 7.11 Å². The van der Waals surface area contributed by atoms with E-state index in [0.29, 0.717) is 18.7 Å². The van der Waals surface area contributed by atoms with Gasteiger partial charge in [0.15, 0.2) is 0 Å². The summed E-state index contributed by atoms with van der Waals surface area (Å²) in [5, 5.41) is 4.89. The molecule has 0 saturated carbocycles. The molecule has 1 atom stereocenters. The molecule has 0 radical (unpaired) electrons. The number of esters is 1. The van der Waals surface area contributed by atoms with Crippen LogP contribution in [-0.4, -0.2) is 29.6 Å². The van der Waals surface area contributed by atoms with Crippen molar-refractivity contribution >= 4 is 33.4 Å². The van der Waals surface area contributed by atoms with E-state index in [2.05, 4.69) is 5.32 Å². The van der Waals surface area contributed by atoms with E-state index in [0.717, 1.165) is 21.3 Å². The predicted molar refractivity (Wildman–Crippen MR) is 119 cm³/mol. The summed E-state index contributed by atoms with van der Waals surface area (Å²) in [7, 11) is 1.33. The Morgan fingerprint density at radius 1 is 1.00 bits per heavy atom. The Labute approximate surface area is 178 Å². The Balaban J connectivity index is 1.62. The predicted octanol–water partition coefficient (Wildman–Crippen LogP) is 4.27. The molecule has 1 N–H and O–H groups in total. The van der Waals surface area contributed by atoms with Crippen LogP contribution < -0.4 is 5.32 Å². The molecular weight excluding hydrogens is 396 g/mol. The van der Waals surface area contributed by atoms with Gasteiger partial charge in [-0.3, -0.25) is 4.79 Å². The number of rotatable bonds is 7. The summed E-state index contributed by atoms with van der Waals surface area (Å²) in [5.74, 6) is -0.754. The first-order chi connectivity index (χ1) is 14.7. The zero-order valence-electron chi connectivity index (χ0n) is 16.6. The van der Waals surface area contributed by atoms with Crippen molar-refractivity contribution in [2.45, 2.75) is 19.0 Å². The molecule has 5 nitrogen and oxygen atoms in total. The molecule has 2 aromatic carbocycles. The van der Waals surface area contributed by atoms with E-state index in [1.54, 1.807) is 11.3 Å².